The van der Waals surface area contributed by atoms with Gasteiger partial charge in [0, 0.05) is 13.1 Å². The smallest absolute Gasteiger partial charge is 0.444 e. The summed E-state index contributed by atoms with van der Waals surface area (Å²) in [6, 6.07) is 0. The molecule has 0 aromatic rings. The fraction of sp³-hybridized carbons (Fsp3) is 0.857. The number of nitrogens with one attached hydrogen (secondary N) is 3. The normalized spacial score (nSPS) is 11.9. The SMILES string of the molecule is CC(C)(C)OC(=O)NCCCNCCCCNC(=O)C(F)(F)F. The Labute approximate surface area is 134 Å². The number of alkyl carbamates (subject to hydrolysis) is 1. The first-order chi connectivity index (χ1) is 10.5. The number of amides is 2. The van der Waals surface area contributed by atoms with Crippen molar-refractivity contribution in [3.05, 3.63) is 0 Å². The van der Waals surface area contributed by atoms with Crippen molar-refractivity contribution in [2.24, 2.45) is 0 Å². The maximum Gasteiger partial charge on any atom is 0.471 e. The van der Waals surface area contributed by atoms with E-state index in [2.05, 4.69) is 10.6 Å². The first-order valence-corrected chi connectivity index (χ1v) is 7.55. The van der Waals surface area contributed by atoms with Crippen LogP contribution in [0.1, 0.15) is 40.0 Å². The zero-order chi connectivity index (χ0) is 17.9. The molecule has 0 unspecified atom stereocenters. The summed E-state index contributed by atoms with van der Waals surface area (Å²) in [6.45, 7) is 7.13. The number of hydrogen-bond donors (Lipinski definition) is 3. The topological polar surface area (TPSA) is 79.5 Å². The van der Waals surface area contributed by atoms with Crippen LogP contribution in [0, 0.1) is 0 Å². The van der Waals surface area contributed by atoms with Crippen molar-refractivity contribution in [2.45, 2.75) is 51.8 Å². The molecular formula is C14H26F3N3O3. The minimum atomic E-state index is -4.82. The Morgan fingerprint density at radius 1 is 0.870 bits per heavy atom. The van der Waals surface area contributed by atoms with Gasteiger partial charge < -0.3 is 20.7 Å². The van der Waals surface area contributed by atoms with Crippen molar-refractivity contribution in [2.75, 3.05) is 26.2 Å². The van der Waals surface area contributed by atoms with Crippen molar-refractivity contribution in [1.29, 1.82) is 0 Å². The molecule has 0 saturated heterocycles. The zero-order valence-electron chi connectivity index (χ0n) is 13.8. The lowest BCUT2D eigenvalue weighted by atomic mass is 10.2. The van der Waals surface area contributed by atoms with E-state index < -0.39 is 23.8 Å². The lowest BCUT2D eigenvalue weighted by molar-refractivity contribution is -0.173. The number of hydrogen-bond acceptors (Lipinski definition) is 4. The molecule has 9 heteroatoms. The number of ether oxygens (including phenoxy) is 1. The molecule has 0 atom stereocenters. The Morgan fingerprint density at radius 3 is 1.96 bits per heavy atom. The lowest BCUT2D eigenvalue weighted by Crippen LogP contribution is -2.37. The van der Waals surface area contributed by atoms with Crippen molar-refractivity contribution in [1.82, 2.24) is 16.0 Å². The van der Waals surface area contributed by atoms with Gasteiger partial charge in [0.15, 0.2) is 0 Å². The van der Waals surface area contributed by atoms with E-state index in [0.29, 0.717) is 38.9 Å². The fourth-order valence-electron chi connectivity index (χ4n) is 1.52. The molecule has 0 heterocycles. The standard InChI is InChI=1S/C14H26F3N3O3/c1-13(2,3)23-12(22)20-10-6-8-18-7-4-5-9-19-11(21)14(15,16)17/h18H,4-10H2,1-3H3,(H,19,21)(H,20,22). The average Bonchev–Trinajstić information content (AvgIpc) is 2.37. The highest BCUT2D eigenvalue weighted by atomic mass is 19.4. The van der Waals surface area contributed by atoms with Crippen molar-refractivity contribution < 1.29 is 27.5 Å². The fourth-order valence-corrected chi connectivity index (χ4v) is 1.52. The van der Waals surface area contributed by atoms with Crippen molar-refractivity contribution in [3.63, 3.8) is 0 Å². The zero-order valence-corrected chi connectivity index (χ0v) is 13.8. The van der Waals surface area contributed by atoms with E-state index in [1.54, 1.807) is 20.8 Å². The van der Waals surface area contributed by atoms with E-state index in [1.807, 2.05) is 5.32 Å². The highest BCUT2D eigenvalue weighted by Gasteiger charge is 2.38. The van der Waals surface area contributed by atoms with Crippen LogP contribution in [-0.4, -0.2) is 50.0 Å². The second kappa shape index (κ2) is 10.3. The minimum absolute atomic E-state index is 0.000221. The van der Waals surface area contributed by atoms with Crippen LogP contribution >= 0.6 is 0 Å². The predicted octanol–water partition coefficient (Wildman–Crippen LogP) is 1.95. The molecule has 2 amide bonds. The molecule has 0 aromatic carbocycles. The Hall–Kier alpha value is -1.51. The number of halogens is 3. The minimum Gasteiger partial charge on any atom is -0.444 e. The molecule has 0 aliphatic rings. The van der Waals surface area contributed by atoms with Crippen LogP contribution in [-0.2, 0) is 9.53 Å². The number of unbranched alkanes of at least 4 members (excludes halogenated alkanes) is 1. The number of carbonyl (C=O) groups excluding carboxylic acids is 2. The lowest BCUT2D eigenvalue weighted by Gasteiger charge is -2.19. The van der Waals surface area contributed by atoms with Crippen LogP contribution < -0.4 is 16.0 Å². The van der Waals surface area contributed by atoms with Gasteiger partial charge in [-0.05, 0) is 53.1 Å². The molecule has 3 N–H and O–H groups in total. The van der Waals surface area contributed by atoms with Gasteiger partial charge in [0.05, 0.1) is 0 Å². The van der Waals surface area contributed by atoms with Crippen LogP contribution in [0.4, 0.5) is 18.0 Å². The highest BCUT2D eigenvalue weighted by molar-refractivity contribution is 5.81. The van der Waals surface area contributed by atoms with Gasteiger partial charge in [-0.25, -0.2) is 4.79 Å². The monoisotopic (exact) mass is 341 g/mol. The third kappa shape index (κ3) is 13.8. The molecular weight excluding hydrogens is 315 g/mol. The maximum absolute atomic E-state index is 11.9. The second-order valence-electron chi connectivity index (χ2n) is 5.99. The highest BCUT2D eigenvalue weighted by Crippen LogP contribution is 2.13. The summed E-state index contributed by atoms with van der Waals surface area (Å²) in [6.07, 6.45) is -3.45. The largest absolute Gasteiger partial charge is 0.471 e. The summed E-state index contributed by atoms with van der Waals surface area (Å²) >= 11 is 0. The first-order valence-electron chi connectivity index (χ1n) is 7.55. The van der Waals surface area contributed by atoms with Crippen LogP contribution in [0.5, 0.6) is 0 Å². The average molecular weight is 341 g/mol. The molecule has 0 radical (unpaired) electrons. The molecule has 0 aliphatic carbocycles. The summed E-state index contributed by atoms with van der Waals surface area (Å²) in [4.78, 5) is 21.8. The Morgan fingerprint density at radius 2 is 1.39 bits per heavy atom. The molecule has 23 heavy (non-hydrogen) atoms. The molecule has 6 nitrogen and oxygen atoms in total. The second-order valence-corrected chi connectivity index (χ2v) is 5.99. The molecule has 0 rings (SSSR count). The van der Waals surface area contributed by atoms with E-state index in [1.165, 1.54) is 0 Å². The predicted molar refractivity (Wildman–Crippen MR) is 80.0 cm³/mol. The van der Waals surface area contributed by atoms with Gasteiger partial charge in [0.2, 0.25) is 0 Å². The van der Waals surface area contributed by atoms with Gasteiger partial charge >= 0.3 is 18.2 Å². The molecule has 0 saturated carbocycles. The van der Waals surface area contributed by atoms with Crippen LogP contribution in [0.2, 0.25) is 0 Å². The summed E-state index contributed by atoms with van der Waals surface area (Å²) in [5.74, 6) is -1.90. The summed E-state index contributed by atoms with van der Waals surface area (Å²) < 4.78 is 40.7. The van der Waals surface area contributed by atoms with Gasteiger partial charge in [-0.15, -0.1) is 0 Å². The maximum atomic E-state index is 11.9. The Kier molecular flexibility index (Phi) is 9.62. The van der Waals surface area contributed by atoms with Gasteiger partial charge in [-0.1, -0.05) is 0 Å². The first kappa shape index (κ1) is 21.5. The molecule has 136 valence electrons. The van der Waals surface area contributed by atoms with Crippen LogP contribution in [0.25, 0.3) is 0 Å². The van der Waals surface area contributed by atoms with Gasteiger partial charge in [0.25, 0.3) is 0 Å². The Balaban J connectivity index is 3.38. The van der Waals surface area contributed by atoms with Gasteiger partial charge in [-0.3, -0.25) is 4.79 Å². The van der Waals surface area contributed by atoms with Gasteiger partial charge in [0.1, 0.15) is 5.60 Å². The third-order valence-electron chi connectivity index (χ3n) is 2.52. The molecule has 0 spiro atoms. The van der Waals surface area contributed by atoms with Crippen molar-refractivity contribution >= 4 is 12.0 Å². The summed E-state index contributed by atoms with van der Waals surface area (Å²) in [7, 11) is 0. The summed E-state index contributed by atoms with van der Waals surface area (Å²) in [5.41, 5.74) is -0.524. The van der Waals surface area contributed by atoms with E-state index >= 15 is 0 Å². The van der Waals surface area contributed by atoms with E-state index in [9.17, 15) is 22.8 Å². The number of alkyl halides is 3. The molecule has 0 bridgehead atoms. The molecule has 0 aromatic heterocycles. The van der Waals surface area contributed by atoms with Crippen LogP contribution in [0.3, 0.4) is 0 Å². The third-order valence-corrected chi connectivity index (χ3v) is 2.52. The van der Waals surface area contributed by atoms with E-state index in [-0.39, 0.29) is 6.54 Å². The molecule has 0 fully saturated rings. The summed E-state index contributed by atoms with van der Waals surface area (Å²) in [5, 5.41) is 7.53. The van der Waals surface area contributed by atoms with E-state index in [0.717, 1.165) is 0 Å². The van der Waals surface area contributed by atoms with Crippen molar-refractivity contribution in [3.8, 4) is 0 Å². The van der Waals surface area contributed by atoms with Crippen LogP contribution in [0.15, 0.2) is 0 Å². The van der Waals surface area contributed by atoms with Gasteiger partial charge in [-0.2, -0.15) is 13.2 Å². The number of rotatable bonds is 9. The Bertz CT molecular complexity index is 369. The quantitative estimate of drug-likeness (QED) is 0.560. The number of carbonyl (C=O) groups is 2. The van der Waals surface area contributed by atoms with E-state index in [4.69, 9.17) is 4.74 Å². The molecule has 0 aliphatic heterocycles.